The lowest BCUT2D eigenvalue weighted by atomic mass is 10.0. The number of nitrogens with zero attached hydrogens (tertiary/aromatic N) is 1. The van der Waals surface area contributed by atoms with Crippen LogP contribution in [0.25, 0.3) is 0 Å². The molecule has 5 heteroatoms. The minimum atomic E-state index is -1.79. The van der Waals surface area contributed by atoms with Crippen molar-refractivity contribution in [2.75, 3.05) is 5.75 Å². The highest BCUT2D eigenvalue weighted by atomic mass is 32.2. The van der Waals surface area contributed by atoms with Crippen LogP contribution in [0.4, 0.5) is 0 Å². The number of unbranched alkanes of at least 4 members (excludes halogenated alkanes) is 1. The van der Waals surface area contributed by atoms with Crippen molar-refractivity contribution >= 4 is 20.1 Å². The molecular weight excluding hydrogens is 370 g/mol. The Kier molecular flexibility index (Phi) is 6.79. The minimum absolute atomic E-state index is 0.237. The summed E-state index contributed by atoms with van der Waals surface area (Å²) in [7, 11) is -1.79. The minimum Gasteiger partial charge on any atom is -0.411 e. The van der Waals surface area contributed by atoms with Crippen LogP contribution in [0.5, 0.6) is 0 Å². The quantitative estimate of drug-likeness (QED) is 0.527. The van der Waals surface area contributed by atoms with Gasteiger partial charge >= 0.3 is 0 Å². The van der Waals surface area contributed by atoms with Gasteiger partial charge in [-0.2, -0.15) is 16.8 Å². The van der Waals surface area contributed by atoms with Crippen LogP contribution in [-0.2, 0) is 15.8 Å². The Balaban J connectivity index is 1.78. The van der Waals surface area contributed by atoms with Crippen molar-refractivity contribution in [3.8, 4) is 0 Å². The maximum Gasteiger partial charge on any atom is 0.192 e. The van der Waals surface area contributed by atoms with Crippen molar-refractivity contribution < 1.29 is 9.26 Å². The van der Waals surface area contributed by atoms with Crippen molar-refractivity contribution in [3.63, 3.8) is 0 Å². The van der Waals surface area contributed by atoms with Gasteiger partial charge in [-0.3, -0.25) is 4.84 Å². The average molecular weight is 408 g/mol. The molecule has 2 saturated heterocycles. The summed E-state index contributed by atoms with van der Waals surface area (Å²) in [4.78, 5) is 6.51. The van der Waals surface area contributed by atoms with E-state index in [9.17, 15) is 0 Å². The fourth-order valence-electron chi connectivity index (χ4n) is 3.78. The van der Waals surface area contributed by atoms with E-state index in [2.05, 4.69) is 87.9 Å². The summed E-state index contributed by atoms with van der Waals surface area (Å²) in [5.41, 5.74) is 1.32. The molecule has 1 aromatic rings. The normalized spacial score (nSPS) is 29.3. The van der Waals surface area contributed by atoms with E-state index in [1.54, 1.807) is 0 Å². The summed E-state index contributed by atoms with van der Waals surface area (Å²) in [6.07, 6.45) is 4.22. The molecule has 2 heterocycles. The molecule has 0 radical (unpaired) electrons. The lowest BCUT2D eigenvalue weighted by Crippen LogP contribution is -2.50. The first kappa shape index (κ1) is 21.4. The van der Waals surface area contributed by atoms with Crippen molar-refractivity contribution in [1.29, 1.82) is 0 Å². The van der Waals surface area contributed by atoms with Crippen LogP contribution in [0.3, 0.4) is 0 Å². The van der Waals surface area contributed by atoms with Gasteiger partial charge in [0.2, 0.25) is 0 Å². The number of benzene rings is 1. The fraction of sp³-hybridized carbons (Fsp3) is 0.727. The van der Waals surface area contributed by atoms with Crippen LogP contribution >= 0.6 is 11.8 Å². The Morgan fingerprint density at radius 2 is 1.93 bits per heavy atom. The van der Waals surface area contributed by atoms with Crippen LogP contribution < -0.4 is 0 Å². The second-order valence-electron chi connectivity index (χ2n) is 9.55. The molecular formula is C22H37NO2SSi. The van der Waals surface area contributed by atoms with Gasteiger partial charge < -0.3 is 4.43 Å². The molecule has 3 rings (SSSR count). The highest BCUT2D eigenvalue weighted by molar-refractivity contribution is 8.00. The smallest absolute Gasteiger partial charge is 0.192 e. The highest BCUT2D eigenvalue weighted by Crippen LogP contribution is 2.46. The second kappa shape index (κ2) is 8.58. The summed E-state index contributed by atoms with van der Waals surface area (Å²) in [5, 5.41) is 3.04. The first-order chi connectivity index (χ1) is 12.7. The van der Waals surface area contributed by atoms with E-state index in [1.165, 1.54) is 18.4 Å². The molecule has 0 spiro atoms. The molecule has 0 aromatic heterocycles. The zero-order valence-corrected chi connectivity index (χ0v) is 19.7. The summed E-state index contributed by atoms with van der Waals surface area (Å²) in [5.74, 6) is 1.10. The van der Waals surface area contributed by atoms with Gasteiger partial charge in [0.1, 0.15) is 0 Å². The van der Waals surface area contributed by atoms with Crippen LogP contribution in [0.15, 0.2) is 30.3 Å². The van der Waals surface area contributed by atoms with Gasteiger partial charge in [0.05, 0.1) is 23.5 Å². The molecule has 0 amide bonds. The van der Waals surface area contributed by atoms with E-state index in [0.29, 0.717) is 17.4 Å². The van der Waals surface area contributed by atoms with E-state index in [1.807, 2.05) is 0 Å². The van der Waals surface area contributed by atoms with Crippen molar-refractivity contribution in [1.82, 2.24) is 5.06 Å². The first-order valence-electron chi connectivity index (χ1n) is 10.5. The number of hydroxylamine groups is 2. The van der Waals surface area contributed by atoms with E-state index in [4.69, 9.17) is 9.26 Å². The Morgan fingerprint density at radius 1 is 1.22 bits per heavy atom. The molecule has 2 aliphatic heterocycles. The third-order valence-electron chi connectivity index (χ3n) is 6.42. The highest BCUT2D eigenvalue weighted by Gasteiger charge is 2.54. The second-order valence-corrected chi connectivity index (χ2v) is 15.5. The number of hydrogen-bond donors (Lipinski definition) is 0. The monoisotopic (exact) mass is 407 g/mol. The predicted octanol–water partition coefficient (Wildman–Crippen LogP) is 5.87. The summed E-state index contributed by atoms with van der Waals surface area (Å²) in [6.45, 7) is 14.8. The Morgan fingerprint density at radius 3 is 2.56 bits per heavy atom. The number of thioether (sulfide) groups is 1. The van der Waals surface area contributed by atoms with Crippen molar-refractivity contribution in [3.05, 3.63) is 35.9 Å². The van der Waals surface area contributed by atoms with Gasteiger partial charge in [0.15, 0.2) is 8.32 Å². The summed E-state index contributed by atoms with van der Waals surface area (Å²) >= 11 is 2.08. The van der Waals surface area contributed by atoms with E-state index < -0.39 is 8.32 Å². The Bertz CT molecular complexity index is 604. The molecule has 152 valence electrons. The SMILES string of the molecule is CCCC[C@H]1ON(Cc2ccccc2)[C@@H]2[C@H]1SC[C@H]2O[Si](C)(C)C(C)(C)C. The molecule has 0 bridgehead atoms. The van der Waals surface area contributed by atoms with Gasteiger partial charge in [0, 0.05) is 12.3 Å². The van der Waals surface area contributed by atoms with E-state index in [-0.39, 0.29) is 11.1 Å². The molecule has 27 heavy (non-hydrogen) atoms. The first-order valence-corrected chi connectivity index (χ1v) is 14.5. The van der Waals surface area contributed by atoms with Crippen molar-refractivity contribution in [2.45, 2.75) is 95.1 Å². The molecule has 2 aliphatic rings. The zero-order chi connectivity index (χ0) is 19.7. The maximum atomic E-state index is 6.89. The lowest BCUT2D eigenvalue weighted by molar-refractivity contribution is -0.181. The van der Waals surface area contributed by atoms with Crippen LogP contribution in [-0.4, -0.2) is 42.6 Å². The molecule has 0 saturated carbocycles. The summed E-state index contributed by atoms with van der Waals surface area (Å²) in [6, 6.07) is 11.1. The van der Waals surface area contributed by atoms with Crippen LogP contribution in [0.2, 0.25) is 18.1 Å². The van der Waals surface area contributed by atoms with Gasteiger partial charge in [0.25, 0.3) is 0 Å². The van der Waals surface area contributed by atoms with Crippen LogP contribution in [0.1, 0.15) is 52.5 Å². The third-order valence-corrected chi connectivity index (χ3v) is 12.4. The summed E-state index contributed by atoms with van der Waals surface area (Å²) < 4.78 is 6.89. The molecule has 2 fully saturated rings. The Hall–Kier alpha value is -0.333. The van der Waals surface area contributed by atoms with Gasteiger partial charge in [-0.1, -0.05) is 70.9 Å². The predicted molar refractivity (Wildman–Crippen MR) is 118 cm³/mol. The van der Waals surface area contributed by atoms with Gasteiger partial charge in [-0.15, -0.1) is 0 Å². The number of fused-ring (bicyclic) bond motifs is 1. The van der Waals surface area contributed by atoms with Crippen LogP contribution in [0, 0.1) is 0 Å². The average Bonchev–Trinajstić information content (AvgIpc) is 3.15. The molecule has 4 atom stereocenters. The molecule has 3 nitrogen and oxygen atoms in total. The van der Waals surface area contributed by atoms with Gasteiger partial charge in [-0.25, -0.2) is 0 Å². The Labute approximate surface area is 171 Å². The molecule has 0 N–H and O–H groups in total. The largest absolute Gasteiger partial charge is 0.411 e. The third kappa shape index (κ3) is 4.81. The lowest BCUT2D eigenvalue weighted by Gasteiger charge is -2.40. The number of hydrogen-bond acceptors (Lipinski definition) is 4. The number of rotatable bonds is 7. The standard InChI is InChI=1S/C22H37NO2SSi/c1-7-8-14-18-21-20(23(24-18)15-17-12-10-9-11-13-17)19(16-26-21)25-27(5,6)22(2,3)4/h9-13,18-21H,7-8,14-16H2,1-6H3/t18-,19-,20+,21+/m1/s1. The van der Waals surface area contributed by atoms with Crippen molar-refractivity contribution in [2.24, 2.45) is 0 Å². The molecule has 0 unspecified atom stereocenters. The van der Waals surface area contributed by atoms with E-state index in [0.717, 1.165) is 18.7 Å². The zero-order valence-electron chi connectivity index (χ0n) is 17.9. The topological polar surface area (TPSA) is 21.7 Å². The maximum absolute atomic E-state index is 6.89. The van der Waals surface area contributed by atoms with Gasteiger partial charge in [-0.05, 0) is 30.1 Å². The fourth-order valence-corrected chi connectivity index (χ4v) is 6.82. The molecule has 0 aliphatic carbocycles. The molecule has 1 aromatic carbocycles. The van der Waals surface area contributed by atoms with E-state index >= 15 is 0 Å².